The monoisotopic (exact) mass is 261 g/mol. The minimum atomic E-state index is -0.537. The molecular formula is C15H19NO3. The first kappa shape index (κ1) is 13.6. The summed E-state index contributed by atoms with van der Waals surface area (Å²) in [5, 5.41) is 0. The summed E-state index contributed by atoms with van der Waals surface area (Å²) in [5.74, 6) is -0.0349. The van der Waals surface area contributed by atoms with Crippen LogP contribution in [0.1, 0.15) is 43.6 Å². The van der Waals surface area contributed by atoms with Crippen molar-refractivity contribution in [2.45, 2.75) is 39.7 Å². The van der Waals surface area contributed by atoms with E-state index in [2.05, 4.69) is 0 Å². The fourth-order valence-corrected chi connectivity index (χ4v) is 2.24. The van der Waals surface area contributed by atoms with Crippen LogP contribution in [0.15, 0.2) is 18.2 Å². The summed E-state index contributed by atoms with van der Waals surface area (Å²) in [6.45, 7) is 7.58. The Morgan fingerprint density at radius 1 is 1.26 bits per heavy atom. The van der Waals surface area contributed by atoms with E-state index in [0.717, 1.165) is 12.0 Å². The normalized spacial score (nSPS) is 14.2. The minimum absolute atomic E-state index is 0.0349. The first-order chi connectivity index (χ1) is 8.79. The van der Waals surface area contributed by atoms with Gasteiger partial charge in [-0.15, -0.1) is 0 Å². The van der Waals surface area contributed by atoms with Crippen LogP contribution in [0.5, 0.6) is 0 Å². The van der Waals surface area contributed by atoms with E-state index in [1.165, 1.54) is 6.92 Å². The van der Waals surface area contributed by atoms with Crippen LogP contribution in [0.3, 0.4) is 0 Å². The van der Waals surface area contributed by atoms with Crippen LogP contribution in [0.2, 0.25) is 0 Å². The number of fused-ring (bicyclic) bond motifs is 1. The molecule has 0 fully saturated rings. The van der Waals surface area contributed by atoms with Gasteiger partial charge in [0.2, 0.25) is 0 Å². The Morgan fingerprint density at radius 2 is 1.95 bits per heavy atom. The van der Waals surface area contributed by atoms with Crippen LogP contribution in [0.4, 0.5) is 10.5 Å². The van der Waals surface area contributed by atoms with Crippen LogP contribution in [0, 0.1) is 0 Å². The summed E-state index contributed by atoms with van der Waals surface area (Å²) in [7, 11) is 0. The lowest BCUT2D eigenvalue weighted by atomic mass is 10.0. The number of carbonyl (C=O) groups excluding carboxylic acids is 2. The molecule has 0 aliphatic carbocycles. The maximum Gasteiger partial charge on any atom is 0.414 e. The third kappa shape index (κ3) is 2.78. The van der Waals surface area contributed by atoms with E-state index in [1.807, 2.05) is 32.9 Å². The molecular weight excluding hydrogens is 242 g/mol. The molecule has 0 unspecified atom stereocenters. The molecule has 102 valence electrons. The molecule has 0 spiro atoms. The number of ketones is 1. The lowest BCUT2D eigenvalue weighted by Crippen LogP contribution is -2.36. The number of para-hydroxylation sites is 1. The maximum absolute atomic E-state index is 12.2. The average molecular weight is 261 g/mol. The van der Waals surface area contributed by atoms with Crippen LogP contribution in [-0.4, -0.2) is 24.0 Å². The summed E-state index contributed by atoms with van der Waals surface area (Å²) >= 11 is 0. The van der Waals surface area contributed by atoms with Crippen molar-refractivity contribution >= 4 is 17.6 Å². The number of carbonyl (C=O) groups is 2. The van der Waals surface area contributed by atoms with Gasteiger partial charge in [0.1, 0.15) is 5.60 Å². The molecule has 1 aliphatic heterocycles. The van der Waals surface area contributed by atoms with Gasteiger partial charge in [0, 0.05) is 12.1 Å². The Kier molecular flexibility index (Phi) is 3.35. The summed E-state index contributed by atoms with van der Waals surface area (Å²) in [6, 6.07) is 5.56. The predicted octanol–water partition coefficient (Wildman–Crippen LogP) is 3.19. The highest BCUT2D eigenvalue weighted by atomic mass is 16.6. The first-order valence-electron chi connectivity index (χ1n) is 6.43. The molecule has 0 saturated carbocycles. The van der Waals surface area contributed by atoms with Gasteiger partial charge in [-0.2, -0.15) is 0 Å². The number of hydrogen-bond donors (Lipinski definition) is 0. The van der Waals surface area contributed by atoms with Crippen LogP contribution in [-0.2, 0) is 11.2 Å². The van der Waals surface area contributed by atoms with Gasteiger partial charge >= 0.3 is 6.09 Å². The van der Waals surface area contributed by atoms with Crippen molar-refractivity contribution < 1.29 is 14.3 Å². The van der Waals surface area contributed by atoms with Gasteiger partial charge in [0.05, 0.1) is 5.69 Å². The van der Waals surface area contributed by atoms with E-state index in [0.29, 0.717) is 17.8 Å². The topological polar surface area (TPSA) is 46.6 Å². The summed E-state index contributed by atoms with van der Waals surface area (Å²) in [4.78, 5) is 25.4. The van der Waals surface area contributed by atoms with E-state index >= 15 is 0 Å². The molecule has 19 heavy (non-hydrogen) atoms. The quantitative estimate of drug-likeness (QED) is 0.729. The fraction of sp³-hybridized carbons (Fsp3) is 0.467. The second kappa shape index (κ2) is 4.68. The molecule has 4 nitrogen and oxygen atoms in total. The Balaban J connectivity index is 2.36. The number of hydrogen-bond acceptors (Lipinski definition) is 3. The van der Waals surface area contributed by atoms with E-state index in [-0.39, 0.29) is 11.9 Å². The Hall–Kier alpha value is -1.84. The number of nitrogens with zero attached hydrogens (tertiary/aromatic N) is 1. The second-order valence-electron chi connectivity index (χ2n) is 5.75. The Labute approximate surface area is 113 Å². The summed E-state index contributed by atoms with van der Waals surface area (Å²) in [6.07, 6.45) is 0.371. The molecule has 1 amide bonds. The van der Waals surface area contributed by atoms with Crippen molar-refractivity contribution in [1.82, 2.24) is 0 Å². The van der Waals surface area contributed by atoms with Crippen molar-refractivity contribution in [1.29, 1.82) is 0 Å². The van der Waals surface area contributed by atoms with Crippen molar-refractivity contribution in [2.24, 2.45) is 0 Å². The van der Waals surface area contributed by atoms with Gasteiger partial charge in [0.25, 0.3) is 0 Å². The molecule has 0 saturated heterocycles. The van der Waals surface area contributed by atoms with Crippen LogP contribution >= 0.6 is 0 Å². The highest BCUT2D eigenvalue weighted by Crippen LogP contribution is 2.33. The van der Waals surface area contributed by atoms with Crippen molar-refractivity contribution in [3.8, 4) is 0 Å². The van der Waals surface area contributed by atoms with Gasteiger partial charge in [-0.05, 0) is 45.7 Å². The van der Waals surface area contributed by atoms with Crippen molar-refractivity contribution in [3.63, 3.8) is 0 Å². The number of amides is 1. The maximum atomic E-state index is 12.2. The minimum Gasteiger partial charge on any atom is -0.443 e. The number of Topliss-reactive ketones (excluding diaryl/α,β-unsaturated/α-hetero) is 1. The smallest absolute Gasteiger partial charge is 0.414 e. The van der Waals surface area contributed by atoms with Crippen molar-refractivity contribution in [2.75, 3.05) is 11.4 Å². The molecule has 1 heterocycles. The highest BCUT2D eigenvalue weighted by Gasteiger charge is 2.31. The zero-order valence-electron chi connectivity index (χ0n) is 11.8. The highest BCUT2D eigenvalue weighted by molar-refractivity contribution is 6.05. The fourth-order valence-electron chi connectivity index (χ4n) is 2.24. The molecule has 1 aromatic carbocycles. The van der Waals surface area contributed by atoms with E-state index in [1.54, 1.807) is 11.0 Å². The molecule has 2 rings (SSSR count). The standard InChI is InChI=1S/C15H19NO3/c1-10(17)12-7-5-6-11-8-9-16(13(11)12)14(18)19-15(2,3)4/h5-7H,8-9H2,1-4H3. The lowest BCUT2D eigenvalue weighted by Gasteiger charge is -2.25. The lowest BCUT2D eigenvalue weighted by molar-refractivity contribution is 0.0584. The third-order valence-corrected chi connectivity index (χ3v) is 2.99. The number of anilines is 1. The molecule has 0 aromatic heterocycles. The van der Waals surface area contributed by atoms with Gasteiger partial charge in [-0.25, -0.2) is 4.79 Å². The van der Waals surface area contributed by atoms with Gasteiger partial charge in [0.15, 0.2) is 5.78 Å². The third-order valence-electron chi connectivity index (χ3n) is 2.99. The first-order valence-corrected chi connectivity index (χ1v) is 6.43. The van der Waals surface area contributed by atoms with Gasteiger partial charge < -0.3 is 4.74 Å². The average Bonchev–Trinajstić information content (AvgIpc) is 2.69. The Morgan fingerprint density at radius 3 is 2.53 bits per heavy atom. The van der Waals surface area contributed by atoms with E-state index in [4.69, 9.17) is 4.74 Å². The zero-order chi connectivity index (χ0) is 14.2. The van der Waals surface area contributed by atoms with Crippen molar-refractivity contribution in [3.05, 3.63) is 29.3 Å². The zero-order valence-corrected chi connectivity index (χ0v) is 11.8. The molecule has 1 aliphatic rings. The number of ether oxygens (including phenoxy) is 1. The van der Waals surface area contributed by atoms with Crippen LogP contribution < -0.4 is 4.90 Å². The number of rotatable bonds is 1. The predicted molar refractivity (Wildman–Crippen MR) is 73.7 cm³/mol. The Bertz CT molecular complexity index is 529. The van der Waals surface area contributed by atoms with Gasteiger partial charge in [-0.3, -0.25) is 9.69 Å². The molecule has 0 bridgehead atoms. The second-order valence-corrected chi connectivity index (χ2v) is 5.75. The molecule has 4 heteroatoms. The molecule has 0 radical (unpaired) electrons. The SMILES string of the molecule is CC(=O)c1cccc2c1N(C(=O)OC(C)(C)C)CC2. The van der Waals surface area contributed by atoms with Crippen LogP contribution in [0.25, 0.3) is 0 Å². The molecule has 1 aromatic rings. The summed E-state index contributed by atoms with van der Waals surface area (Å²) < 4.78 is 5.39. The van der Waals surface area contributed by atoms with Gasteiger partial charge in [-0.1, -0.05) is 12.1 Å². The number of benzene rings is 1. The van der Waals surface area contributed by atoms with E-state index in [9.17, 15) is 9.59 Å². The summed E-state index contributed by atoms with van der Waals surface area (Å²) in [5.41, 5.74) is 1.79. The van der Waals surface area contributed by atoms with E-state index < -0.39 is 5.60 Å². The molecule has 0 atom stereocenters. The largest absolute Gasteiger partial charge is 0.443 e. The molecule has 0 N–H and O–H groups in total.